The van der Waals surface area contributed by atoms with Crippen molar-refractivity contribution in [2.75, 3.05) is 11.1 Å². The fourth-order valence-electron chi connectivity index (χ4n) is 2.03. The van der Waals surface area contributed by atoms with Gasteiger partial charge >= 0.3 is 0 Å². The third-order valence-corrected chi connectivity index (χ3v) is 4.03. The highest BCUT2D eigenvalue weighted by atomic mass is 32.2. The quantitative estimate of drug-likeness (QED) is 0.786. The van der Waals surface area contributed by atoms with Crippen molar-refractivity contribution in [3.8, 4) is 0 Å². The third kappa shape index (κ3) is 3.64. The predicted molar refractivity (Wildman–Crippen MR) is 86.4 cm³/mol. The number of pyridine rings is 1. The Bertz CT molecular complexity index is 739. The zero-order chi connectivity index (χ0) is 14.5. The molecule has 0 unspecified atom stereocenters. The van der Waals surface area contributed by atoms with E-state index in [-0.39, 0.29) is 5.91 Å². The Labute approximate surface area is 127 Å². The maximum absolute atomic E-state index is 11.9. The molecule has 0 spiro atoms. The van der Waals surface area contributed by atoms with Crippen LogP contribution in [0, 0.1) is 0 Å². The van der Waals surface area contributed by atoms with Gasteiger partial charge < -0.3 is 5.32 Å². The molecule has 0 fully saturated rings. The van der Waals surface area contributed by atoms with Crippen LogP contribution >= 0.6 is 11.8 Å². The standard InChI is InChI=1S/C16H15N3OS/c20-16(12-21-11-13-4-2-1-3-5-13)18-14-7-9-19-15(10-14)6-8-17-19/h1-10H,11-12H2,(H,18,20). The summed E-state index contributed by atoms with van der Waals surface area (Å²) < 4.78 is 1.76. The van der Waals surface area contributed by atoms with Gasteiger partial charge in [-0.25, -0.2) is 4.52 Å². The summed E-state index contributed by atoms with van der Waals surface area (Å²) in [6.07, 6.45) is 3.57. The molecule has 1 aromatic carbocycles. The Hall–Kier alpha value is -2.27. The van der Waals surface area contributed by atoms with Crippen molar-refractivity contribution >= 4 is 28.9 Å². The topological polar surface area (TPSA) is 46.4 Å². The number of hydrogen-bond donors (Lipinski definition) is 1. The van der Waals surface area contributed by atoms with Crippen molar-refractivity contribution < 1.29 is 4.79 Å². The molecular formula is C16H15N3OS. The second-order valence-corrected chi connectivity index (χ2v) is 5.63. The molecule has 106 valence electrons. The minimum Gasteiger partial charge on any atom is -0.325 e. The van der Waals surface area contributed by atoms with Crippen molar-refractivity contribution in [2.24, 2.45) is 0 Å². The maximum Gasteiger partial charge on any atom is 0.234 e. The van der Waals surface area contributed by atoms with E-state index in [2.05, 4.69) is 22.5 Å². The number of hydrogen-bond acceptors (Lipinski definition) is 3. The molecule has 0 aliphatic heterocycles. The highest BCUT2D eigenvalue weighted by Crippen LogP contribution is 2.14. The number of anilines is 1. The first-order valence-electron chi connectivity index (χ1n) is 6.66. The van der Waals surface area contributed by atoms with Crippen LogP contribution in [0.1, 0.15) is 5.56 Å². The van der Waals surface area contributed by atoms with Gasteiger partial charge in [-0.05, 0) is 23.8 Å². The Morgan fingerprint density at radius 2 is 2.05 bits per heavy atom. The minimum atomic E-state index is 0.0137. The van der Waals surface area contributed by atoms with Crippen LogP contribution in [0.5, 0.6) is 0 Å². The van der Waals surface area contributed by atoms with Crippen molar-refractivity contribution in [1.29, 1.82) is 0 Å². The van der Waals surface area contributed by atoms with Crippen LogP contribution < -0.4 is 5.32 Å². The Morgan fingerprint density at radius 1 is 1.19 bits per heavy atom. The first-order chi connectivity index (χ1) is 10.3. The molecule has 1 amide bonds. The first kappa shape index (κ1) is 13.7. The lowest BCUT2D eigenvalue weighted by atomic mass is 10.2. The number of nitrogens with zero attached hydrogens (tertiary/aromatic N) is 2. The van der Waals surface area contributed by atoms with Crippen molar-refractivity contribution in [3.63, 3.8) is 0 Å². The lowest BCUT2D eigenvalue weighted by Gasteiger charge is -2.06. The van der Waals surface area contributed by atoms with Crippen LogP contribution in [0.15, 0.2) is 60.9 Å². The van der Waals surface area contributed by atoms with Crippen LogP contribution in [0.2, 0.25) is 0 Å². The molecule has 5 heteroatoms. The van der Waals surface area contributed by atoms with E-state index < -0.39 is 0 Å². The van der Waals surface area contributed by atoms with E-state index in [1.807, 2.05) is 42.6 Å². The molecule has 0 bridgehead atoms. The normalized spacial score (nSPS) is 10.7. The van der Waals surface area contributed by atoms with E-state index in [1.165, 1.54) is 5.56 Å². The molecule has 0 saturated carbocycles. The summed E-state index contributed by atoms with van der Waals surface area (Å²) in [6.45, 7) is 0. The average Bonchev–Trinajstić information content (AvgIpc) is 2.96. The molecule has 1 N–H and O–H groups in total. The lowest BCUT2D eigenvalue weighted by molar-refractivity contribution is -0.113. The number of benzene rings is 1. The number of nitrogens with one attached hydrogen (secondary N) is 1. The molecule has 0 aliphatic carbocycles. The summed E-state index contributed by atoms with van der Waals surface area (Å²) in [5, 5.41) is 7.03. The smallest absolute Gasteiger partial charge is 0.234 e. The van der Waals surface area contributed by atoms with Gasteiger partial charge in [0.05, 0.1) is 11.3 Å². The van der Waals surface area contributed by atoms with Gasteiger partial charge in [-0.2, -0.15) is 5.10 Å². The van der Waals surface area contributed by atoms with E-state index in [0.717, 1.165) is 17.0 Å². The molecule has 0 saturated heterocycles. The number of amides is 1. The van der Waals surface area contributed by atoms with E-state index in [9.17, 15) is 4.79 Å². The van der Waals surface area contributed by atoms with E-state index in [0.29, 0.717) is 5.75 Å². The van der Waals surface area contributed by atoms with Crippen LogP contribution in [-0.2, 0) is 10.5 Å². The summed E-state index contributed by atoms with van der Waals surface area (Å²) in [5.74, 6) is 1.30. The van der Waals surface area contributed by atoms with Gasteiger partial charge in [0, 0.05) is 23.8 Å². The van der Waals surface area contributed by atoms with Gasteiger partial charge in [-0.1, -0.05) is 30.3 Å². The molecule has 21 heavy (non-hydrogen) atoms. The van der Waals surface area contributed by atoms with Crippen molar-refractivity contribution in [1.82, 2.24) is 9.61 Å². The first-order valence-corrected chi connectivity index (χ1v) is 7.82. The number of carbonyl (C=O) groups is 1. The highest BCUT2D eigenvalue weighted by Gasteiger charge is 2.04. The molecule has 0 radical (unpaired) electrons. The van der Waals surface area contributed by atoms with Gasteiger partial charge in [0.25, 0.3) is 0 Å². The van der Waals surface area contributed by atoms with Gasteiger partial charge in [-0.3, -0.25) is 4.79 Å². The SMILES string of the molecule is O=C(CSCc1ccccc1)Nc1ccn2nccc2c1. The Balaban J connectivity index is 1.51. The number of carbonyl (C=O) groups excluding carboxylic acids is 1. The zero-order valence-corrected chi connectivity index (χ0v) is 12.2. The van der Waals surface area contributed by atoms with E-state index in [1.54, 1.807) is 22.5 Å². The predicted octanol–water partition coefficient (Wildman–Crippen LogP) is 3.21. The lowest BCUT2D eigenvalue weighted by Crippen LogP contribution is -2.14. The number of rotatable bonds is 5. The summed E-state index contributed by atoms with van der Waals surface area (Å²) in [7, 11) is 0. The van der Waals surface area contributed by atoms with Gasteiger partial charge in [-0.15, -0.1) is 11.8 Å². The van der Waals surface area contributed by atoms with Crippen LogP contribution in [0.4, 0.5) is 5.69 Å². The van der Waals surface area contributed by atoms with Crippen molar-refractivity contribution in [2.45, 2.75) is 5.75 Å². The molecular weight excluding hydrogens is 282 g/mol. The third-order valence-electron chi connectivity index (χ3n) is 3.03. The Kier molecular flexibility index (Phi) is 4.21. The fraction of sp³-hybridized carbons (Fsp3) is 0.125. The van der Waals surface area contributed by atoms with Crippen LogP contribution in [0.25, 0.3) is 5.52 Å². The monoisotopic (exact) mass is 297 g/mol. The van der Waals surface area contributed by atoms with Crippen LogP contribution in [-0.4, -0.2) is 21.3 Å². The second-order valence-electron chi connectivity index (χ2n) is 4.64. The minimum absolute atomic E-state index is 0.0137. The largest absolute Gasteiger partial charge is 0.325 e. The Morgan fingerprint density at radius 3 is 2.90 bits per heavy atom. The number of thioether (sulfide) groups is 1. The number of aromatic nitrogens is 2. The molecule has 4 nitrogen and oxygen atoms in total. The molecule has 3 aromatic rings. The van der Waals surface area contributed by atoms with Crippen molar-refractivity contribution in [3.05, 3.63) is 66.5 Å². The molecule has 2 heterocycles. The van der Waals surface area contributed by atoms with E-state index >= 15 is 0 Å². The summed E-state index contributed by atoms with van der Waals surface area (Å²) in [4.78, 5) is 11.9. The molecule has 2 aromatic heterocycles. The summed E-state index contributed by atoms with van der Waals surface area (Å²) in [5.41, 5.74) is 2.99. The second kappa shape index (κ2) is 6.45. The highest BCUT2D eigenvalue weighted by molar-refractivity contribution is 7.99. The maximum atomic E-state index is 11.9. The molecule has 0 aliphatic rings. The number of fused-ring (bicyclic) bond motifs is 1. The van der Waals surface area contributed by atoms with Gasteiger partial charge in [0.2, 0.25) is 5.91 Å². The summed E-state index contributed by atoms with van der Waals surface area (Å²) >= 11 is 1.61. The zero-order valence-electron chi connectivity index (χ0n) is 11.4. The molecule has 3 rings (SSSR count). The fourth-order valence-corrected chi connectivity index (χ4v) is 2.82. The van der Waals surface area contributed by atoms with E-state index in [4.69, 9.17) is 0 Å². The summed E-state index contributed by atoms with van der Waals surface area (Å²) in [6, 6.07) is 15.8. The molecule has 0 atom stereocenters. The van der Waals surface area contributed by atoms with Crippen LogP contribution in [0.3, 0.4) is 0 Å². The average molecular weight is 297 g/mol. The van der Waals surface area contributed by atoms with Gasteiger partial charge in [0.1, 0.15) is 0 Å². The van der Waals surface area contributed by atoms with Gasteiger partial charge in [0.15, 0.2) is 0 Å².